The van der Waals surface area contributed by atoms with Crippen molar-refractivity contribution in [2.75, 3.05) is 6.61 Å². The van der Waals surface area contributed by atoms with Crippen molar-refractivity contribution < 1.29 is 14.6 Å². The van der Waals surface area contributed by atoms with Crippen LogP contribution in [0.5, 0.6) is 0 Å². The van der Waals surface area contributed by atoms with Gasteiger partial charge in [-0.25, -0.2) is 0 Å². The van der Waals surface area contributed by atoms with Crippen molar-refractivity contribution in [3.63, 3.8) is 0 Å². The largest absolute Gasteiger partial charge is 0.613 e. The van der Waals surface area contributed by atoms with Crippen LogP contribution in [0.4, 0.5) is 0 Å². The molecule has 1 aromatic rings. The third-order valence-electron chi connectivity index (χ3n) is 1.95. The lowest BCUT2D eigenvalue weighted by Crippen LogP contribution is -2.23. The quantitative estimate of drug-likeness (QED) is 0.634. The van der Waals surface area contributed by atoms with Crippen LogP contribution in [0.15, 0.2) is 36.3 Å². The Labute approximate surface area is 105 Å². The number of ether oxygens (including phenoxy) is 1. The standard InChI is InChI=1S/C12H14ClNO3/c1-2-17-12(16)7-11(15)14-8-9-5-3-4-6-10(9)13/h3-7,16H,2,8H2,1H3,(H,14,15)/p-1/b12-7+. The number of halogens is 1. The number of hydrogen-bond acceptors (Lipinski definition) is 3. The van der Waals surface area contributed by atoms with Crippen LogP contribution in [-0.2, 0) is 16.1 Å². The van der Waals surface area contributed by atoms with Gasteiger partial charge in [-0.1, -0.05) is 36.7 Å². The molecule has 0 aliphatic rings. The van der Waals surface area contributed by atoms with Crippen molar-refractivity contribution in [1.82, 2.24) is 5.32 Å². The lowest BCUT2D eigenvalue weighted by molar-refractivity contribution is -0.356. The second kappa shape index (κ2) is 6.81. The maximum Gasteiger partial charge on any atom is 0.246 e. The van der Waals surface area contributed by atoms with E-state index in [0.29, 0.717) is 5.02 Å². The number of rotatable bonds is 5. The molecule has 1 N–H and O–H groups in total. The molecule has 92 valence electrons. The Morgan fingerprint density at radius 3 is 2.88 bits per heavy atom. The Balaban J connectivity index is 2.49. The van der Waals surface area contributed by atoms with E-state index in [-0.39, 0.29) is 13.2 Å². The monoisotopic (exact) mass is 254 g/mol. The first-order valence-electron chi connectivity index (χ1n) is 5.16. The van der Waals surface area contributed by atoms with E-state index in [0.717, 1.165) is 11.6 Å². The molecule has 0 saturated heterocycles. The lowest BCUT2D eigenvalue weighted by Gasteiger charge is -2.12. The second-order valence-corrected chi connectivity index (χ2v) is 3.61. The van der Waals surface area contributed by atoms with Crippen molar-refractivity contribution in [1.29, 1.82) is 0 Å². The first-order chi connectivity index (χ1) is 8.13. The van der Waals surface area contributed by atoms with Gasteiger partial charge in [0, 0.05) is 17.6 Å². The third kappa shape index (κ3) is 4.78. The van der Waals surface area contributed by atoms with E-state index in [4.69, 9.17) is 11.6 Å². The maximum atomic E-state index is 11.3. The van der Waals surface area contributed by atoms with E-state index in [1.54, 1.807) is 25.1 Å². The highest BCUT2D eigenvalue weighted by molar-refractivity contribution is 6.31. The average molecular weight is 255 g/mol. The van der Waals surface area contributed by atoms with Crippen molar-refractivity contribution >= 4 is 17.5 Å². The highest BCUT2D eigenvalue weighted by Crippen LogP contribution is 2.14. The Kier molecular flexibility index (Phi) is 5.36. The topological polar surface area (TPSA) is 61.4 Å². The van der Waals surface area contributed by atoms with Crippen LogP contribution in [-0.4, -0.2) is 12.5 Å². The molecular weight excluding hydrogens is 242 g/mol. The van der Waals surface area contributed by atoms with Crippen LogP contribution in [0, 0.1) is 0 Å². The van der Waals surface area contributed by atoms with Gasteiger partial charge in [-0.05, 0) is 18.2 Å². The van der Waals surface area contributed by atoms with Crippen LogP contribution in [0.3, 0.4) is 0 Å². The van der Waals surface area contributed by atoms with Gasteiger partial charge in [-0.3, -0.25) is 4.79 Å². The number of carbonyl (C=O) groups is 1. The summed E-state index contributed by atoms with van der Waals surface area (Å²) in [5.41, 5.74) is 0.791. The highest BCUT2D eigenvalue weighted by atomic mass is 35.5. The number of hydrogen-bond donors (Lipinski definition) is 1. The maximum absolute atomic E-state index is 11.3. The number of amides is 1. The van der Waals surface area contributed by atoms with Gasteiger partial charge in [0.2, 0.25) is 5.91 Å². The van der Waals surface area contributed by atoms with Gasteiger partial charge in [0.05, 0.1) is 5.95 Å². The minimum Gasteiger partial charge on any atom is -0.613 e. The molecule has 0 radical (unpaired) electrons. The van der Waals surface area contributed by atoms with Crippen LogP contribution in [0.1, 0.15) is 12.5 Å². The summed E-state index contributed by atoms with van der Waals surface area (Å²) < 4.78 is 4.61. The summed E-state index contributed by atoms with van der Waals surface area (Å²) in [5, 5.41) is 14.1. The molecule has 0 atom stereocenters. The molecule has 17 heavy (non-hydrogen) atoms. The summed E-state index contributed by atoms with van der Waals surface area (Å²) in [5.74, 6) is -1.15. The summed E-state index contributed by atoms with van der Waals surface area (Å²) in [6.45, 7) is 2.19. The fourth-order valence-corrected chi connectivity index (χ4v) is 1.37. The molecule has 5 heteroatoms. The van der Waals surface area contributed by atoms with Gasteiger partial charge in [0.1, 0.15) is 0 Å². The molecule has 1 amide bonds. The van der Waals surface area contributed by atoms with E-state index in [1.807, 2.05) is 6.07 Å². The van der Waals surface area contributed by atoms with Gasteiger partial charge in [-0.15, -0.1) is 0 Å². The molecule has 0 unspecified atom stereocenters. The fourth-order valence-electron chi connectivity index (χ4n) is 1.17. The van der Waals surface area contributed by atoms with E-state index in [9.17, 15) is 9.90 Å². The summed E-state index contributed by atoms with van der Waals surface area (Å²) in [6.07, 6.45) is 0.875. The first kappa shape index (κ1) is 13.4. The molecule has 0 bridgehead atoms. The number of nitrogens with one attached hydrogen (secondary N) is 1. The van der Waals surface area contributed by atoms with Crippen LogP contribution in [0.2, 0.25) is 5.02 Å². The predicted octanol–water partition coefficient (Wildman–Crippen LogP) is 1.19. The second-order valence-electron chi connectivity index (χ2n) is 3.21. The Morgan fingerprint density at radius 2 is 2.24 bits per heavy atom. The van der Waals surface area contributed by atoms with E-state index < -0.39 is 11.9 Å². The zero-order chi connectivity index (χ0) is 12.7. The van der Waals surface area contributed by atoms with Crippen molar-refractivity contribution in [3.8, 4) is 0 Å². The normalized spacial score (nSPS) is 11.1. The molecule has 1 aromatic carbocycles. The number of benzene rings is 1. The van der Waals surface area contributed by atoms with Crippen molar-refractivity contribution in [3.05, 3.63) is 46.9 Å². The van der Waals surface area contributed by atoms with E-state index >= 15 is 0 Å². The van der Waals surface area contributed by atoms with Crippen LogP contribution >= 0.6 is 11.6 Å². The smallest absolute Gasteiger partial charge is 0.246 e. The van der Waals surface area contributed by atoms with Gasteiger partial charge in [-0.2, -0.15) is 0 Å². The third-order valence-corrected chi connectivity index (χ3v) is 2.32. The zero-order valence-electron chi connectivity index (χ0n) is 9.40. The molecule has 0 saturated carbocycles. The predicted molar refractivity (Wildman–Crippen MR) is 63.0 cm³/mol. The van der Waals surface area contributed by atoms with Crippen LogP contribution in [0.25, 0.3) is 0 Å². The SMILES string of the molecule is CCO/C([O-])=C/C(=O)NCc1ccccc1Cl. The van der Waals surface area contributed by atoms with E-state index in [2.05, 4.69) is 10.1 Å². The number of carbonyl (C=O) groups excluding carboxylic acids is 1. The average Bonchev–Trinajstić information content (AvgIpc) is 2.28. The lowest BCUT2D eigenvalue weighted by atomic mass is 10.2. The Hall–Kier alpha value is -1.68. The Bertz CT molecular complexity index is 418. The molecule has 4 nitrogen and oxygen atoms in total. The minimum absolute atomic E-state index is 0.243. The molecule has 0 aliphatic heterocycles. The Morgan fingerprint density at radius 1 is 1.53 bits per heavy atom. The van der Waals surface area contributed by atoms with Gasteiger partial charge < -0.3 is 15.2 Å². The summed E-state index contributed by atoms with van der Waals surface area (Å²) in [7, 11) is 0. The minimum atomic E-state index is -0.649. The van der Waals surface area contributed by atoms with Gasteiger partial charge >= 0.3 is 0 Å². The molecule has 0 aliphatic carbocycles. The van der Waals surface area contributed by atoms with Crippen molar-refractivity contribution in [2.45, 2.75) is 13.5 Å². The molecule has 1 rings (SSSR count). The zero-order valence-corrected chi connectivity index (χ0v) is 10.2. The van der Waals surface area contributed by atoms with Crippen LogP contribution < -0.4 is 10.4 Å². The fraction of sp³-hybridized carbons (Fsp3) is 0.250. The molecule has 0 heterocycles. The highest BCUT2D eigenvalue weighted by Gasteiger charge is 2.00. The first-order valence-corrected chi connectivity index (χ1v) is 5.54. The molecule has 0 spiro atoms. The molecule has 0 fully saturated rings. The molecule has 0 aromatic heterocycles. The summed E-state index contributed by atoms with van der Waals surface area (Å²) in [6, 6.07) is 7.16. The summed E-state index contributed by atoms with van der Waals surface area (Å²) in [4.78, 5) is 11.3. The van der Waals surface area contributed by atoms with Gasteiger partial charge in [0.15, 0.2) is 0 Å². The van der Waals surface area contributed by atoms with Gasteiger partial charge in [0.25, 0.3) is 0 Å². The summed E-state index contributed by atoms with van der Waals surface area (Å²) >= 11 is 5.91. The molecular formula is C12H13ClNO3-. The van der Waals surface area contributed by atoms with Crippen molar-refractivity contribution in [2.24, 2.45) is 0 Å². The van der Waals surface area contributed by atoms with E-state index in [1.165, 1.54) is 0 Å².